The number of ether oxygens (including phenoxy) is 1. The fourth-order valence-corrected chi connectivity index (χ4v) is 3.07. The molecule has 2 aromatic rings. The Bertz CT molecular complexity index is 652. The molecule has 0 aliphatic heterocycles. The third-order valence-electron chi connectivity index (χ3n) is 2.96. The lowest BCUT2D eigenvalue weighted by Gasteiger charge is -2.21. The van der Waals surface area contributed by atoms with Crippen LogP contribution in [0.15, 0.2) is 30.3 Å². The molecule has 22 heavy (non-hydrogen) atoms. The molecule has 118 valence electrons. The van der Waals surface area contributed by atoms with Crippen molar-refractivity contribution in [2.75, 3.05) is 0 Å². The summed E-state index contributed by atoms with van der Waals surface area (Å²) in [4.78, 5) is 24.7. The van der Waals surface area contributed by atoms with Gasteiger partial charge in [-0.1, -0.05) is 18.2 Å². The lowest BCUT2D eigenvalue weighted by Crippen LogP contribution is -2.38. The first-order valence-electron chi connectivity index (χ1n) is 7.26. The summed E-state index contributed by atoms with van der Waals surface area (Å²) in [6.07, 6.45) is -0.240. The number of nitrogens with one attached hydrogen (secondary N) is 1. The molecule has 0 saturated carbocycles. The number of benzene rings is 1. The molecule has 4 nitrogen and oxygen atoms in total. The van der Waals surface area contributed by atoms with Crippen molar-refractivity contribution in [3.63, 3.8) is 0 Å². The van der Waals surface area contributed by atoms with E-state index in [1.54, 1.807) is 27.7 Å². The maximum atomic E-state index is 12.3. The van der Waals surface area contributed by atoms with Crippen molar-refractivity contribution in [2.45, 2.75) is 45.8 Å². The average molecular weight is 319 g/mol. The van der Waals surface area contributed by atoms with E-state index in [2.05, 4.69) is 5.32 Å². The maximum absolute atomic E-state index is 12.3. The first-order valence-corrected chi connectivity index (χ1v) is 8.07. The van der Waals surface area contributed by atoms with Gasteiger partial charge in [-0.3, -0.25) is 4.79 Å². The van der Waals surface area contributed by atoms with Crippen LogP contribution in [-0.2, 0) is 4.74 Å². The Morgan fingerprint density at radius 1 is 1.27 bits per heavy atom. The highest BCUT2D eigenvalue weighted by Gasteiger charge is 2.20. The number of fused-ring (bicyclic) bond motifs is 1. The van der Waals surface area contributed by atoms with Crippen LogP contribution in [0.25, 0.3) is 10.1 Å². The molecule has 0 spiro atoms. The standard InChI is InChI=1S/C17H21NO3S/c1-11(18-16(20)21-17(2,3)4)9-13(19)15-10-12-7-5-6-8-14(12)22-15/h5-8,10-11H,9H2,1-4H3,(H,18,20). The summed E-state index contributed by atoms with van der Waals surface area (Å²) in [5.41, 5.74) is -0.542. The molecule has 1 unspecified atom stereocenters. The van der Waals surface area contributed by atoms with E-state index in [0.717, 1.165) is 15.0 Å². The molecule has 0 saturated heterocycles. The monoisotopic (exact) mass is 319 g/mol. The van der Waals surface area contributed by atoms with Crippen molar-refractivity contribution < 1.29 is 14.3 Å². The van der Waals surface area contributed by atoms with Crippen LogP contribution in [-0.4, -0.2) is 23.5 Å². The summed E-state index contributed by atoms with van der Waals surface area (Å²) >= 11 is 1.48. The number of ketones is 1. The van der Waals surface area contributed by atoms with Crippen molar-refractivity contribution >= 4 is 33.3 Å². The highest BCUT2D eigenvalue weighted by Crippen LogP contribution is 2.26. The lowest BCUT2D eigenvalue weighted by molar-refractivity contribution is 0.0506. The number of alkyl carbamates (subject to hydrolysis) is 1. The second-order valence-electron chi connectivity index (χ2n) is 6.32. The van der Waals surface area contributed by atoms with Crippen molar-refractivity contribution in [2.24, 2.45) is 0 Å². The van der Waals surface area contributed by atoms with Gasteiger partial charge in [0, 0.05) is 17.2 Å². The molecule has 0 fully saturated rings. The summed E-state index contributed by atoms with van der Waals surface area (Å²) in [5.74, 6) is 0.0322. The Balaban J connectivity index is 1.95. The van der Waals surface area contributed by atoms with Crippen molar-refractivity contribution in [3.05, 3.63) is 35.2 Å². The van der Waals surface area contributed by atoms with Gasteiger partial charge < -0.3 is 10.1 Å². The summed E-state index contributed by atoms with van der Waals surface area (Å²) < 4.78 is 6.28. The summed E-state index contributed by atoms with van der Waals surface area (Å²) in [7, 11) is 0. The Morgan fingerprint density at radius 3 is 2.59 bits per heavy atom. The van der Waals surface area contributed by atoms with E-state index in [9.17, 15) is 9.59 Å². The minimum absolute atomic E-state index is 0.0322. The Kier molecular flexibility index (Phi) is 4.86. The van der Waals surface area contributed by atoms with E-state index in [1.807, 2.05) is 30.3 Å². The number of Topliss-reactive ketones (excluding diaryl/α,β-unsaturated/α-hetero) is 1. The van der Waals surface area contributed by atoms with Gasteiger partial charge in [-0.05, 0) is 45.2 Å². The third-order valence-corrected chi connectivity index (χ3v) is 4.11. The van der Waals surface area contributed by atoms with Crippen molar-refractivity contribution in [1.29, 1.82) is 0 Å². The van der Waals surface area contributed by atoms with Crippen LogP contribution >= 0.6 is 11.3 Å². The van der Waals surface area contributed by atoms with Gasteiger partial charge in [-0.15, -0.1) is 11.3 Å². The molecule has 5 heteroatoms. The summed E-state index contributed by atoms with van der Waals surface area (Å²) in [6, 6.07) is 9.54. The van der Waals surface area contributed by atoms with Crippen molar-refractivity contribution in [3.8, 4) is 0 Å². The summed E-state index contributed by atoms with van der Waals surface area (Å²) in [6.45, 7) is 7.22. The molecule has 1 N–H and O–H groups in total. The predicted octanol–water partition coefficient (Wildman–Crippen LogP) is 4.39. The zero-order chi connectivity index (χ0) is 16.3. The molecule has 2 rings (SSSR count). The van der Waals surface area contributed by atoms with E-state index in [4.69, 9.17) is 4.74 Å². The quantitative estimate of drug-likeness (QED) is 0.850. The van der Waals surface area contributed by atoms with Gasteiger partial charge in [0.15, 0.2) is 5.78 Å². The predicted molar refractivity (Wildman–Crippen MR) is 89.6 cm³/mol. The Labute approximate surface area is 134 Å². The van der Waals surface area contributed by atoms with E-state index in [1.165, 1.54) is 11.3 Å². The molecule has 1 amide bonds. The Morgan fingerprint density at radius 2 is 1.95 bits per heavy atom. The van der Waals surface area contributed by atoms with Gasteiger partial charge >= 0.3 is 6.09 Å². The fourth-order valence-electron chi connectivity index (χ4n) is 2.06. The largest absolute Gasteiger partial charge is 0.444 e. The molecular formula is C17H21NO3S. The van der Waals surface area contributed by atoms with Gasteiger partial charge in [0.05, 0.1) is 4.88 Å². The van der Waals surface area contributed by atoms with E-state index >= 15 is 0 Å². The van der Waals surface area contributed by atoms with Gasteiger partial charge in [-0.25, -0.2) is 4.79 Å². The SMILES string of the molecule is CC(CC(=O)c1cc2ccccc2s1)NC(=O)OC(C)(C)C. The first kappa shape index (κ1) is 16.5. The Hall–Kier alpha value is -1.88. The molecule has 0 aliphatic rings. The number of thiophene rings is 1. The molecule has 0 bridgehead atoms. The maximum Gasteiger partial charge on any atom is 0.407 e. The molecule has 1 atom stereocenters. The van der Waals surface area contributed by atoms with Gasteiger partial charge in [-0.2, -0.15) is 0 Å². The van der Waals surface area contributed by atoms with Crippen LogP contribution in [0.4, 0.5) is 4.79 Å². The van der Waals surface area contributed by atoms with E-state index in [0.29, 0.717) is 0 Å². The number of hydrogen-bond donors (Lipinski definition) is 1. The third kappa shape index (κ3) is 4.56. The highest BCUT2D eigenvalue weighted by atomic mass is 32.1. The molecular weight excluding hydrogens is 298 g/mol. The first-order chi connectivity index (χ1) is 10.2. The normalized spacial score (nSPS) is 12.9. The second kappa shape index (κ2) is 6.48. The summed E-state index contributed by atoms with van der Waals surface area (Å²) in [5, 5.41) is 3.77. The number of rotatable bonds is 4. The molecule has 1 aromatic heterocycles. The lowest BCUT2D eigenvalue weighted by atomic mass is 10.1. The van der Waals surface area contributed by atoms with E-state index < -0.39 is 11.7 Å². The van der Waals surface area contributed by atoms with Gasteiger partial charge in [0.2, 0.25) is 0 Å². The van der Waals surface area contributed by atoms with Gasteiger partial charge in [0.1, 0.15) is 5.60 Å². The fraction of sp³-hybridized carbons (Fsp3) is 0.412. The van der Waals surface area contributed by atoms with Crippen LogP contribution < -0.4 is 5.32 Å². The zero-order valence-electron chi connectivity index (χ0n) is 13.3. The van der Waals surface area contributed by atoms with Crippen LogP contribution in [0.1, 0.15) is 43.8 Å². The number of amides is 1. The van der Waals surface area contributed by atoms with Crippen LogP contribution in [0.2, 0.25) is 0 Å². The van der Waals surface area contributed by atoms with E-state index in [-0.39, 0.29) is 18.2 Å². The van der Waals surface area contributed by atoms with Crippen molar-refractivity contribution in [1.82, 2.24) is 5.32 Å². The van der Waals surface area contributed by atoms with Crippen LogP contribution in [0.5, 0.6) is 0 Å². The number of carbonyl (C=O) groups is 2. The highest BCUT2D eigenvalue weighted by molar-refractivity contribution is 7.20. The van der Waals surface area contributed by atoms with Gasteiger partial charge in [0.25, 0.3) is 0 Å². The molecule has 1 aromatic carbocycles. The molecule has 0 aliphatic carbocycles. The number of hydrogen-bond acceptors (Lipinski definition) is 4. The minimum Gasteiger partial charge on any atom is -0.444 e. The molecule has 1 heterocycles. The zero-order valence-corrected chi connectivity index (χ0v) is 14.1. The second-order valence-corrected chi connectivity index (χ2v) is 7.41. The van der Waals surface area contributed by atoms with Crippen LogP contribution in [0, 0.1) is 0 Å². The average Bonchev–Trinajstić information content (AvgIpc) is 2.79. The smallest absolute Gasteiger partial charge is 0.407 e. The van der Waals surface area contributed by atoms with Crippen LogP contribution in [0.3, 0.4) is 0 Å². The number of carbonyl (C=O) groups excluding carboxylic acids is 2. The topological polar surface area (TPSA) is 55.4 Å². The molecule has 0 radical (unpaired) electrons. The minimum atomic E-state index is -0.542.